The summed E-state index contributed by atoms with van der Waals surface area (Å²) in [6, 6.07) is 0. The predicted octanol–water partition coefficient (Wildman–Crippen LogP) is 0.302. The van der Waals surface area contributed by atoms with Crippen LogP contribution in [0.4, 0.5) is 0 Å². The van der Waals surface area contributed by atoms with E-state index in [-0.39, 0.29) is 17.9 Å². The Hall–Kier alpha value is -0.680. The van der Waals surface area contributed by atoms with E-state index in [0.717, 1.165) is 25.8 Å². The lowest BCUT2D eigenvalue weighted by atomic mass is 10.0. The number of morpholine rings is 1. The lowest BCUT2D eigenvalue weighted by Gasteiger charge is -2.30. The number of carbonyl (C=O) groups is 1. The lowest BCUT2D eigenvalue weighted by molar-refractivity contribution is -0.143. The molecule has 0 radical (unpaired) electrons. The molecule has 0 bridgehead atoms. The number of nitrogens with zero attached hydrogens (tertiary/aromatic N) is 1. The van der Waals surface area contributed by atoms with Crippen LogP contribution in [0.5, 0.6) is 0 Å². The van der Waals surface area contributed by atoms with Crippen LogP contribution in [0.25, 0.3) is 0 Å². The molecule has 2 aliphatic rings. The molecule has 0 aromatic carbocycles. The van der Waals surface area contributed by atoms with Gasteiger partial charge in [-0.1, -0.05) is 12.2 Å². The molecule has 15 heavy (non-hydrogen) atoms. The van der Waals surface area contributed by atoms with Crippen molar-refractivity contribution in [2.75, 3.05) is 26.3 Å². The van der Waals surface area contributed by atoms with Crippen LogP contribution in [0.2, 0.25) is 0 Å². The summed E-state index contributed by atoms with van der Waals surface area (Å²) in [5, 5.41) is 0. The van der Waals surface area contributed by atoms with E-state index in [2.05, 4.69) is 0 Å². The first-order valence-corrected chi connectivity index (χ1v) is 5.66. The number of ether oxygens (including phenoxy) is 1. The first-order chi connectivity index (χ1) is 7.11. The zero-order chi connectivity index (χ0) is 10.9. The van der Waals surface area contributed by atoms with Gasteiger partial charge in [0.1, 0.15) is 6.61 Å². The normalized spacial score (nSPS) is 24.0. The van der Waals surface area contributed by atoms with Gasteiger partial charge >= 0.3 is 0 Å². The Morgan fingerprint density at radius 1 is 1.60 bits per heavy atom. The summed E-state index contributed by atoms with van der Waals surface area (Å²) < 4.78 is 5.09. The van der Waals surface area contributed by atoms with E-state index in [1.807, 2.05) is 4.90 Å². The zero-order valence-electron chi connectivity index (χ0n) is 8.70. The maximum atomic E-state index is 11.5. The van der Waals surface area contributed by atoms with Gasteiger partial charge in [0.2, 0.25) is 5.91 Å². The van der Waals surface area contributed by atoms with Crippen LogP contribution in [-0.4, -0.2) is 42.1 Å². The summed E-state index contributed by atoms with van der Waals surface area (Å²) >= 11 is 4.93. The maximum Gasteiger partial charge on any atom is 0.248 e. The fraction of sp³-hybridized carbons (Fsp3) is 0.800. The smallest absolute Gasteiger partial charge is 0.248 e. The molecular weight excluding hydrogens is 212 g/mol. The molecule has 2 fully saturated rings. The second-order valence-electron chi connectivity index (χ2n) is 4.51. The zero-order valence-corrected chi connectivity index (χ0v) is 9.52. The molecular formula is C10H16N2O2S. The van der Waals surface area contributed by atoms with Gasteiger partial charge in [-0.25, -0.2) is 0 Å². The van der Waals surface area contributed by atoms with Gasteiger partial charge in [0.25, 0.3) is 0 Å². The highest BCUT2D eigenvalue weighted by Gasteiger charge is 2.45. The van der Waals surface area contributed by atoms with E-state index in [9.17, 15) is 4.79 Å². The van der Waals surface area contributed by atoms with Gasteiger partial charge in [-0.2, -0.15) is 0 Å². The van der Waals surface area contributed by atoms with Crippen LogP contribution in [-0.2, 0) is 9.53 Å². The van der Waals surface area contributed by atoms with Gasteiger partial charge in [0, 0.05) is 19.5 Å². The van der Waals surface area contributed by atoms with Crippen molar-refractivity contribution in [3.05, 3.63) is 0 Å². The fourth-order valence-corrected chi connectivity index (χ4v) is 2.37. The van der Waals surface area contributed by atoms with E-state index in [1.54, 1.807) is 0 Å². The minimum Gasteiger partial charge on any atom is -0.393 e. The maximum absolute atomic E-state index is 11.5. The molecule has 1 saturated heterocycles. The molecule has 1 saturated carbocycles. The van der Waals surface area contributed by atoms with Gasteiger partial charge < -0.3 is 15.4 Å². The third-order valence-electron chi connectivity index (χ3n) is 3.12. The first kappa shape index (κ1) is 10.8. The van der Waals surface area contributed by atoms with Gasteiger partial charge in [0.15, 0.2) is 0 Å². The fourth-order valence-electron chi connectivity index (χ4n) is 2.06. The van der Waals surface area contributed by atoms with E-state index < -0.39 is 0 Å². The number of thiocarbonyl (C=S) groups is 1. The summed E-state index contributed by atoms with van der Waals surface area (Å²) in [4.78, 5) is 14.0. The molecule has 5 heteroatoms. The molecule has 1 aliphatic carbocycles. The second kappa shape index (κ2) is 4.06. The minimum atomic E-state index is 0.0930. The molecule has 4 nitrogen and oxygen atoms in total. The summed E-state index contributed by atoms with van der Waals surface area (Å²) in [7, 11) is 0. The molecule has 2 N–H and O–H groups in total. The van der Waals surface area contributed by atoms with Crippen LogP contribution in [0.3, 0.4) is 0 Å². The molecule has 1 amide bonds. The SMILES string of the molecule is NC(=S)CC1(CN2CCOCC2=O)CC1. The van der Waals surface area contributed by atoms with Crippen molar-refractivity contribution in [2.24, 2.45) is 11.1 Å². The largest absolute Gasteiger partial charge is 0.393 e. The van der Waals surface area contributed by atoms with Crippen LogP contribution in [0.1, 0.15) is 19.3 Å². The molecule has 1 aliphatic heterocycles. The number of carbonyl (C=O) groups excluding carboxylic acids is 1. The van der Waals surface area contributed by atoms with Crippen molar-refractivity contribution >= 4 is 23.1 Å². The number of rotatable bonds is 4. The lowest BCUT2D eigenvalue weighted by Crippen LogP contribution is -2.45. The summed E-state index contributed by atoms with van der Waals surface area (Å²) in [6.45, 7) is 2.38. The summed E-state index contributed by atoms with van der Waals surface area (Å²) in [6.07, 6.45) is 3.04. The molecule has 0 unspecified atom stereocenters. The Morgan fingerprint density at radius 3 is 2.87 bits per heavy atom. The number of amides is 1. The van der Waals surface area contributed by atoms with E-state index in [1.165, 1.54) is 0 Å². The highest BCUT2D eigenvalue weighted by Crippen LogP contribution is 2.49. The number of nitrogens with two attached hydrogens (primary N) is 1. The standard InChI is InChI=1S/C10H16N2O2S/c11-8(15)5-10(1-2-10)7-12-3-4-14-6-9(12)13/h1-7H2,(H2,11,15). The van der Waals surface area contributed by atoms with Crippen LogP contribution >= 0.6 is 12.2 Å². The van der Waals surface area contributed by atoms with E-state index in [0.29, 0.717) is 18.1 Å². The average molecular weight is 228 g/mol. The minimum absolute atomic E-state index is 0.0930. The molecule has 0 atom stereocenters. The summed E-state index contributed by atoms with van der Waals surface area (Å²) in [5.41, 5.74) is 5.75. The second-order valence-corrected chi connectivity index (χ2v) is 5.04. The first-order valence-electron chi connectivity index (χ1n) is 5.25. The van der Waals surface area contributed by atoms with E-state index >= 15 is 0 Å². The molecule has 0 aromatic heterocycles. The van der Waals surface area contributed by atoms with Crippen molar-refractivity contribution in [2.45, 2.75) is 19.3 Å². The van der Waals surface area contributed by atoms with Crippen LogP contribution in [0.15, 0.2) is 0 Å². The predicted molar refractivity (Wildman–Crippen MR) is 60.5 cm³/mol. The quantitative estimate of drug-likeness (QED) is 0.703. The van der Waals surface area contributed by atoms with Crippen molar-refractivity contribution < 1.29 is 9.53 Å². The van der Waals surface area contributed by atoms with Crippen molar-refractivity contribution in [3.63, 3.8) is 0 Å². The van der Waals surface area contributed by atoms with Crippen molar-refractivity contribution in [1.82, 2.24) is 4.90 Å². The van der Waals surface area contributed by atoms with Crippen LogP contribution in [0, 0.1) is 5.41 Å². The molecule has 84 valence electrons. The van der Waals surface area contributed by atoms with Gasteiger partial charge in [-0.05, 0) is 18.3 Å². The van der Waals surface area contributed by atoms with Gasteiger partial charge in [0.05, 0.1) is 11.6 Å². The Bertz CT molecular complexity index is 289. The molecule has 2 rings (SSSR count). The third kappa shape index (κ3) is 2.66. The molecule has 0 aromatic rings. The summed E-state index contributed by atoms with van der Waals surface area (Å²) in [5.74, 6) is 0.0930. The highest BCUT2D eigenvalue weighted by molar-refractivity contribution is 7.80. The highest BCUT2D eigenvalue weighted by atomic mass is 32.1. The topological polar surface area (TPSA) is 55.6 Å². The van der Waals surface area contributed by atoms with Gasteiger partial charge in [-0.15, -0.1) is 0 Å². The van der Waals surface area contributed by atoms with Crippen molar-refractivity contribution in [3.8, 4) is 0 Å². The van der Waals surface area contributed by atoms with Gasteiger partial charge in [-0.3, -0.25) is 4.79 Å². The third-order valence-corrected chi connectivity index (χ3v) is 3.26. The average Bonchev–Trinajstić information content (AvgIpc) is 2.88. The molecule has 1 heterocycles. The van der Waals surface area contributed by atoms with E-state index in [4.69, 9.17) is 22.7 Å². The van der Waals surface area contributed by atoms with Crippen molar-refractivity contribution in [1.29, 1.82) is 0 Å². The molecule has 0 spiro atoms. The Balaban J connectivity index is 1.90. The number of hydrogen-bond donors (Lipinski definition) is 1. The Morgan fingerprint density at radius 2 is 2.33 bits per heavy atom. The Labute approximate surface area is 94.7 Å². The van der Waals surface area contributed by atoms with Crippen LogP contribution < -0.4 is 5.73 Å². The Kier molecular flexibility index (Phi) is 2.93. The number of hydrogen-bond acceptors (Lipinski definition) is 3. The monoisotopic (exact) mass is 228 g/mol.